The van der Waals surface area contributed by atoms with Gasteiger partial charge in [0.1, 0.15) is 0 Å². The summed E-state index contributed by atoms with van der Waals surface area (Å²) in [6.07, 6.45) is 10.9. The summed E-state index contributed by atoms with van der Waals surface area (Å²) in [5, 5.41) is 7.91. The second-order valence-electron chi connectivity index (χ2n) is 6.80. The molecule has 3 aliphatic rings. The van der Waals surface area contributed by atoms with E-state index in [2.05, 4.69) is 10.3 Å². The molecule has 0 aromatic carbocycles. The Morgan fingerprint density at radius 1 is 1.25 bits per heavy atom. The Morgan fingerprint density at radius 2 is 2.20 bits per heavy atom. The van der Waals surface area contributed by atoms with Crippen molar-refractivity contribution in [2.24, 2.45) is 17.8 Å². The van der Waals surface area contributed by atoms with Gasteiger partial charge in [-0.25, -0.2) is 4.68 Å². The van der Waals surface area contributed by atoms with E-state index in [0.29, 0.717) is 17.9 Å². The number of carbonyl (C=O) groups is 1. The lowest BCUT2D eigenvalue weighted by atomic mass is 9.86. The van der Waals surface area contributed by atoms with Crippen LogP contribution in [-0.2, 0) is 4.79 Å². The summed E-state index contributed by atoms with van der Waals surface area (Å²) in [5.74, 6) is 2.81. The molecular weight excluding hydrogens is 252 g/mol. The molecule has 4 rings (SSSR count). The van der Waals surface area contributed by atoms with Gasteiger partial charge in [0.15, 0.2) is 0 Å². The predicted octanol–water partition coefficient (Wildman–Crippen LogP) is 1.88. The summed E-state index contributed by atoms with van der Waals surface area (Å²) < 4.78 is 1.89. The van der Waals surface area contributed by atoms with Gasteiger partial charge in [0.2, 0.25) is 5.91 Å². The van der Waals surface area contributed by atoms with Crippen molar-refractivity contribution in [1.82, 2.24) is 19.9 Å². The number of likely N-dealkylation sites (tertiary alicyclic amines) is 1. The molecule has 3 fully saturated rings. The van der Waals surface area contributed by atoms with Crippen LogP contribution in [0.2, 0.25) is 0 Å². The van der Waals surface area contributed by atoms with Crippen LogP contribution in [0.1, 0.15) is 44.6 Å². The number of aromatic nitrogens is 3. The van der Waals surface area contributed by atoms with Crippen LogP contribution in [0.15, 0.2) is 12.4 Å². The molecule has 2 bridgehead atoms. The van der Waals surface area contributed by atoms with Crippen molar-refractivity contribution >= 4 is 5.91 Å². The predicted molar refractivity (Wildman–Crippen MR) is 73.8 cm³/mol. The topological polar surface area (TPSA) is 51.0 Å². The summed E-state index contributed by atoms with van der Waals surface area (Å²) in [7, 11) is 0. The summed E-state index contributed by atoms with van der Waals surface area (Å²) in [4.78, 5) is 14.5. The van der Waals surface area contributed by atoms with Crippen LogP contribution in [0.5, 0.6) is 0 Å². The molecule has 2 heterocycles. The summed E-state index contributed by atoms with van der Waals surface area (Å²) >= 11 is 0. The Labute approximate surface area is 119 Å². The third-order valence-electron chi connectivity index (χ3n) is 5.65. The molecule has 0 radical (unpaired) electrons. The Morgan fingerprint density at radius 3 is 2.90 bits per heavy atom. The van der Waals surface area contributed by atoms with Gasteiger partial charge in [-0.2, -0.15) is 0 Å². The second-order valence-corrected chi connectivity index (χ2v) is 6.80. The maximum absolute atomic E-state index is 12.5. The molecule has 20 heavy (non-hydrogen) atoms. The van der Waals surface area contributed by atoms with Gasteiger partial charge in [0.05, 0.1) is 12.2 Å². The first-order valence-corrected chi connectivity index (χ1v) is 7.93. The van der Waals surface area contributed by atoms with E-state index in [1.807, 2.05) is 15.8 Å². The fraction of sp³-hybridized carbons (Fsp3) is 0.800. The Balaban J connectivity index is 1.33. The molecule has 108 valence electrons. The smallest absolute Gasteiger partial charge is 0.222 e. The molecule has 1 aromatic heterocycles. The summed E-state index contributed by atoms with van der Waals surface area (Å²) in [6.45, 7) is 1.69. The van der Waals surface area contributed by atoms with E-state index in [1.54, 1.807) is 6.20 Å². The molecular formula is C15H22N4O. The van der Waals surface area contributed by atoms with Crippen LogP contribution in [0, 0.1) is 17.8 Å². The number of hydrogen-bond acceptors (Lipinski definition) is 3. The SMILES string of the molecule is O=C(CC1CC2CCC1C2)N1CCC(n2ccnn2)C1. The van der Waals surface area contributed by atoms with Crippen LogP contribution < -0.4 is 0 Å². The Kier molecular flexibility index (Phi) is 3.00. The van der Waals surface area contributed by atoms with Crippen molar-refractivity contribution in [1.29, 1.82) is 0 Å². The first-order valence-electron chi connectivity index (χ1n) is 7.93. The van der Waals surface area contributed by atoms with Crippen molar-refractivity contribution < 1.29 is 4.79 Å². The first-order chi connectivity index (χ1) is 9.79. The molecule has 1 aliphatic heterocycles. The molecule has 5 heteroatoms. The standard InChI is InChI=1S/C15H22N4O/c20-15(9-13-8-11-1-2-12(13)7-11)18-5-3-14(10-18)19-6-4-16-17-19/h4,6,11-14H,1-3,5,7-10H2. The minimum absolute atomic E-state index is 0.321. The number of hydrogen-bond donors (Lipinski definition) is 0. The summed E-state index contributed by atoms with van der Waals surface area (Å²) in [6, 6.07) is 0.321. The number of nitrogens with zero attached hydrogens (tertiary/aromatic N) is 4. The quantitative estimate of drug-likeness (QED) is 0.845. The minimum Gasteiger partial charge on any atom is -0.340 e. The molecule has 4 atom stereocenters. The van der Waals surface area contributed by atoms with E-state index in [9.17, 15) is 4.79 Å². The highest BCUT2D eigenvalue weighted by Crippen LogP contribution is 2.49. The monoisotopic (exact) mass is 274 g/mol. The zero-order valence-corrected chi connectivity index (χ0v) is 11.8. The second kappa shape index (κ2) is 4.86. The van der Waals surface area contributed by atoms with Crippen molar-refractivity contribution in [2.75, 3.05) is 13.1 Å². The van der Waals surface area contributed by atoms with E-state index in [1.165, 1.54) is 25.7 Å². The molecule has 2 aliphatic carbocycles. The lowest BCUT2D eigenvalue weighted by molar-refractivity contribution is -0.131. The molecule has 1 amide bonds. The van der Waals surface area contributed by atoms with Crippen LogP contribution >= 0.6 is 0 Å². The summed E-state index contributed by atoms with van der Waals surface area (Å²) in [5.41, 5.74) is 0. The van der Waals surface area contributed by atoms with Crippen molar-refractivity contribution in [3.63, 3.8) is 0 Å². The lowest BCUT2D eigenvalue weighted by Crippen LogP contribution is -2.31. The highest BCUT2D eigenvalue weighted by atomic mass is 16.2. The molecule has 2 saturated carbocycles. The highest BCUT2D eigenvalue weighted by Gasteiger charge is 2.41. The molecule has 4 unspecified atom stereocenters. The van der Waals surface area contributed by atoms with Gasteiger partial charge in [0.25, 0.3) is 0 Å². The van der Waals surface area contributed by atoms with Crippen LogP contribution in [0.4, 0.5) is 0 Å². The van der Waals surface area contributed by atoms with Gasteiger partial charge >= 0.3 is 0 Å². The van der Waals surface area contributed by atoms with E-state index in [-0.39, 0.29) is 0 Å². The fourth-order valence-electron chi connectivity index (χ4n) is 4.58. The lowest BCUT2D eigenvalue weighted by Gasteiger charge is -2.24. The fourth-order valence-corrected chi connectivity index (χ4v) is 4.58. The minimum atomic E-state index is 0.321. The van der Waals surface area contributed by atoms with Gasteiger partial charge in [-0.1, -0.05) is 11.6 Å². The zero-order chi connectivity index (χ0) is 13.5. The molecule has 1 saturated heterocycles. The van der Waals surface area contributed by atoms with Gasteiger partial charge in [-0.3, -0.25) is 4.79 Å². The van der Waals surface area contributed by atoms with E-state index >= 15 is 0 Å². The normalized spacial score (nSPS) is 35.9. The third-order valence-corrected chi connectivity index (χ3v) is 5.65. The van der Waals surface area contributed by atoms with Crippen LogP contribution in [0.25, 0.3) is 0 Å². The van der Waals surface area contributed by atoms with Crippen molar-refractivity contribution in [2.45, 2.75) is 44.6 Å². The van der Waals surface area contributed by atoms with E-state index in [4.69, 9.17) is 0 Å². The highest BCUT2D eigenvalue weighted by molar-refractivity contribution is 5.76. The van der Waals surface area contributed by atoms with Gasteiger partial charge in [0, 0.05) is 25.7 Å². The van der Waals surface area contributed by atoms with Gasteiger partial charge < -0.3 is 4.90 Å². The molecule has 0 N–H and O–H groups in total. The number of rotatable bonds is 3. The van der Waals surface area contributed by atoms with E-state index < -0.39 is 0 Å². The van der Waals surface area contributed by atoms with Gasteiger partial charge in [-0.05, 0) is 43.4 Å². The van der Waals surface area contributed by atoms with Crippen molar-refractivity contribution in [3.05, 3.63) is 12.4 Å². The molecule has 5 nitrogen and oxygen atoms in total. The average Bonchev–Trinajstić information content (AvgIpc) is 3.21. The van der Waals surface area contributed by atoms with Crippen LogP contribution in [-0.4, -0.2) is 38.9 Å². The van der Waals surface area contributed by atoms with Crippen LogP contribution in [0.3, 0.4) is 0 Å². The molecule has 1 aromatic rings. The molecule has 0 spiro atoms. The third kappa shape index (κ3) is 2.13. The largest absolute Gasteiger partial charge is 0.340 e. The first kappa shape index (κ1) is 12.4. The number of amides is 1. The van der Waals surface area contributed by atoms with Crippen molar-refractivity contribution in [3.8, 4) is 0 Å². The Hall–Kier alpha value is -1.39. The zero-order valence-electron chi connectivity index (χ0n) is 11.8. The Bertz CT molecular complexity index is 486. The average molecular weight is 274 g/mol. The number of fused-ring (bicyclic) bond motifs is 2. The van der Waals surface area contributed by atoms with Gasteiger partial charge in [-0.15, -0.1) is 5.10 Å². The maximum Gasteiger partial charge on any atom is 0.222 e. The number of carbonyl (C=O) groups excluding carboxylic acids is 1. The maximum atomic E-state index is 12.5. The van der Waals surface area contributed by atoms with E-state index in [0.717, 1.165) is 37.8 Å².